The summed E-state index contributed by atoms with van der Waals surface area (Å²) in [7, 11) is 0. The fraction of sp³-hybridized carbons (Fsp3) is 0.136. The van der Waals surface area contributed by atoms with E-state index in [0.717, 1.165) is 28.3 Å². The van der Waals surface area contributed by atoms with Gasteiger partial charge in [0, 0.05) is 28.5 Å². The highest BCUT2D eigenvalue weighted by atomic mass is 32.1. The van der Waals surface area contributed by atoms with Crippen molar-refractivity contribution in [1.29, 1.82) is 5.26 Å². The topological polar surface area (TPSA) is 70.2 Å². The van der Waals surface area contributed by atoms with Gasteiger partial charge >= 0.3 is 0 Å². The minimum Gasteiger partial charge on any atom is -0.326 e. The molecule has 2 aromatic carbocycles. The number of carbonyl (C=O) groups excluding carboxylic acids is 1. The molecule has 0 fully saturated rings. The van der Waals surface area contributed by atoms with Gasteiger partial charge in [0.2, 0.25) is 5.91 Å². The molecule has 0 saturated carbocycles. The second-order valence-electron chi connectivity index (χ2n) is 6.47. The van der Waals surface area contributed by atoms with Gasteiger partial charge in [0.25, 0.3) is 0 Å². The second kappa shape index (κ2) is 7.67. The lowest BCUT2D eigenvalue weighted by Gasteiger charge is -2.05. The van der Waals surface area contributed by atoms with Gasteiger partial charge in [0.1, 0.15) is 0 Å². The summed E-state index contributed by atoms with van der Waals surface area (Å²) in [5, 5.41) is 13.8. The highest BCUT2D eigenvalue weighted by Crippen LogP contribution is 2.24. The molecule has 0 unspecified atom stereocenters. The highest BCUT2D eigenvalue weighted by Gasteiger charge is 2.13. The third kappa shape index (κ3) is 3.66. The van der Waals surface area contributed by atoms with Crippen molar-refractivity contribution in [2.24, 2.45) is 0 Å². The molecule has 0 radical (unpaired) electrons. The van der Waals surface area contributed by atoms with Gasteiger partial charge in [0.05, 0.1) is 23.7 Å². The number of hydrogen-bond donors (Lipinski definition) is 1. The summed E-state index contributed by atoms with van der Waals surface area (Å²) in [6.45, 7) is 2.13. The molecule has 2 heterocycles. The largest absolute Gasteiger partial charge is 0.326 e. The van der Waals surface area contributed by atoms with Crippen molar-refractivity contribution in [2.45, 2.75) is 19.8 Å². The number of anilines is 1. The molecule has 1 amide bonds. The number of nitrogens with zero attached hydrogens (tertiary/aromatic N) is 3. The average molecular weight is 386 g/mol. The van der Waals surface area contributed by atoms with E-state index in [4.69, 9.17) is 5.26 Å². The molecule has 4 rings (SSSR count). The Morgan fingerprint density at radius 3 is 2.82 bits per heavy atom. The maximum Gasteiger partial charge on any atom is 0.230 e. The Kier molecular flexibility index (Phi) is 4.92. The van der Waals surface area contributed by atoms with Crippen LogP contribution in [0.4, 0.5) is 5.69 Å². The van der Waals surface area contributed by atoms with Crippen LogP contribution in [0.3, 0.4) is 0 Å². The number of aryl methyl sites for hydroxylation is 1. The molecule has 0 aliphatic carbocycles. The number of aromatic nitrogens is 2. The Morgan fingerprint density at radius 1 is 1.25 bits per heavy atom. The van der Waals surface area contributed by atoms with Crippen molar-refractivity contribution >= 4 is 27.9 Å². The first-order valence-corrected chi connectivity index (χ1v) is 9.89. The van der Waals surface area contributed by atoms with Crippen LogP contribution in [0.2, 0.25) is 0 Å². The standard InChI is InChI=1S/C22H18N4OS/c1-2-15-6-8-17(9-7-15)20-13-26-19(14-28-22(26)25-20)11-21(27)24-18-5-3-4-16(10-18)12-23/h3-10,13-14H,2,11H2,1H3,(H,24,27). The lowest BCUT2D eigenvalue weighted by atomic mass is 10.1. The molecular formula is C22H18N4OS. The number of amides is 1. The smallest absolute Gasteiger partial charge is 0.230 e. The van der Waals surface area contributed by atoms with E-state index in [0.29, 0.717) is 11.3 Å². The summed E-state index contributed by atoms with van der Waals surface area (Å²) in [6, 6.07) is 17.4. The number of nitrogens with one attached hydrogen (secondary N) is 1. The van der Waals surface area contributed by atoms with Crippen molar-refractivity contribution in [3.63, 3.8) is 0 Å². The number of nitriles is 1. The molecule has 0 aliphatic heterocycles. The van der Waals surface area contributed by atoms with Gasteiger partial charge in [-0.3, -0.25) is 9.20 Å². The predicted octanol–water partition coefficient (Wildman–Crippen LogP) is 4.68. The number of fused-ring (bicyclic) bond motifs is 1. The Hall–Kier alpha value is -3.43. The normalized spacial score (nSPS) is 10.7. The molecule has 0 saturated heterocycles. The summed E-state index contributed by atoms with van der Waals surface area (Å²) >= 11 is 1.52. The molecule has 0 spiro atoms. The summed E-state index contributed by atoms with van der Waals surface area (Å²) < 4.78 is 1.97. The lowest BCUT2D eigenvalue weighted by molar-refractivity contribution is -0.115. The molecule has 1 N–H and O–H groups in total. The first kappa shape index (κ1) is 18.0. The minimum atomic E-state index is -0.127. The quantitative estimate of drug-likeness (QED) is 0.541. The Bertz CT molecular complexity index is 1180. The van der Waals surface area contributed by atoms with Crippen LogP contribution in [0.1, 0.15) is 23.7 Å². The van der Waals surface area contributed by atoms with E-state index >= 15 is 0 Å². The molecule has 6 heteroatoms. The van der Waals surface area contributed by atoms with E-state index in [1.165, 1.54) is 16.9 Å². The first-order chi connectivity index (χ1) is 13.7. The molecule has 5 nitrogen and oxygen atoms in total. The van der Waals surface area contributed by atoms with Crippen LogP contribution >= 0.6 is 11.3 Å². The number of thiazole rings is 1. The highest BCUT2D eigenvalue weighted by molar-refractivity contribution is 7.15. The van der Waals surface area contributed by atoms with Gasteiger partial charge in [-0.15, -0.1) is 11.3 Å². The summed E-state index contributed by atoms with van der Waals surface area (Å²) in [5.41, 5.74) is 5.29. The number of hydrogen-bond acceptors (Lipinski definition) is 4. The van der Waals surface area contributed by atoms with Crippen LogP contribution in [0.15, 0.2) is 60.1 Å². The molecule has 4 aromatic rings. The van der Waals surface area contributed by atoms with Crippen molar-refractivity contribution < 1.29 is 4.79 Å². The van der Waals surface area contributed by atoms with Gasteiger partial charge in [-0.2, -0.15) is 5.26 Å². The summed E-state index contributed by atoms with van der Waals surface area (Å²) in [4.78, 5) is 18.0. The zero-order valence-corrected chi connectivity index (χ0v) is 16.2. The van der Waals surface area contributed by atoms with Crippen LogP contribution in [-0.4, -0.2) is 15.3 Å². The fourth-order valence-corrected chi connectivity index (χ4v) is 3.92. The first-order valence-electron chi connectivity index (χ1n) is 9.01. The molecule has 0 atom stereocenters. The van der Waals surface area contributed by atoms with Crippen molar-refractivity contribution in [1.82, 2.24) is 9.38 Å². The fourth-order valence-electron chi connectivity index (χ4n) is 3.04. The SMILES string of the molecule is CCc1ccc(-c2cn3c(CC(=O)Nc4cccc(C#N)c4)csc3n2)cc1. The Morgan fingerprint density at radius 2 is 2.07 bits per heavy atom. The molecule has 2 aromatic heterocycles. The number of carbonyl (C=O) groups is 1. The summed E-state index contributed by atoms with van der Waals surface area (Å²) in [6.07, 6.45) is 3.22. The van der Waals surface area contributed by atoms with E-state index in [9.17, 15) is 4.79 Å². The second-order valence-corrected chi connectivity index (χ2v) is 7.31. The summed E-state index contributed by atoms with van der Waals surface area (Å²) in [5.74, 6) is -0.127. The van der Waals surface area contributed by atoms with Gasteiger partial charge < -0.3 is 5.32 Å². The predicted molar refractivity (Wildman–Crippen MR) is 111 cm³/mol. The van der Waals surface area contributed by atoms with Crippen LogP contribution in [0, 0.1) is 11.3 Å². The molecule has 28 heavy (non-hydrogen) atoms. The van der Waals surface area contributed by atoms with Crippen LogP contribution in [-0.2, 0) is 17.6 Å². The van der Waals surface area contributed by atoms with Crippen LogP contribution in [0.25, 0.3) is 16.2 Å². The van der Waals surface area contributed by atoms with E-state index in [-0.39, 0.29) is 12.3 Å². The van der Waals surface area contributed by atoms with Crippen molar-refractivity contribution in [3.8, 4) is 17.3 Å². The minimum absolute atomic E-state index is 0.127. The monoisotopic (exact) mass is 386 g/mol. The van der Waals surface area contributed by atoms with Crippen LogP contribution in [0.5, 0.6) is 0 Å². The zero-order chi connectivity index (χ0) is 19.5. The van der Waals surface area contributed by atoms with Crippen molar-refractivity contribution in [2.75, 3.05) is 5.32 Å². The van der Waals surface area contributed by atoms with Gasteiger partial charge in [-0.1, -0.05) is 37.3 Å². The van der Waals surface area contributed by atoms with Gasteiger partial charge in [-0.25, -0.2) is 4.98 Å². The van der Waals surface area contributed by atoms with Gasteiger partial charge in [0.15, 0.2) is 4.96 Å². The molecule has 0 aliphatic rings. The molecular weight excluding hydrogens is 368 g/mol. The van der Waals surface area contributed by atoms with E-state index in [1.807, 2.05) is 16.0 Å². The molecule has 138 valence electrons. The average Bonchev–Trinajstić information content (AvgIpc) is 3.30. The number of benzene rings is 2. The van der Waals surface area contributed by atoms with E-state index in [1.54, 1.807) is 24.3 Å². The third-order valence-electron chi connectivity index (χ3n) is 4.56. The van der Waals surface area contributed by atoms with Crippen molar-refractivity contribution in [3.05, 3.63) is 76.9 Å². The van der Waals surface area contributed by atoms with Crippen LogP contribution < -0.4 is 5.32 Å². The Labute approximate surface area is 166 Å². The lowest BCUT2D eigenvalue weighted by Crippen LogP contribution is -2.15. The third-order valence-corrected chi connectivity index (χ3v) is 5.45. The maximum atomic E-state index is 12.4. The van der Waals surface area contributed by atoms with E-state index < -0.39 is 0 Å². The van der Waals surface area contributed by atoms with Gasteiger partial charge in [-0.05, 0) is 30.2 Å². The number of imidazole rings is 1. The maximum absolute atomic E-state index is 12.4. The van der Waals surface area contributed by atoms with E-state index in [2.05, 4.69) is 47.6 Å². The zero-order valence-electron chi connectivity index (χ0n) is 15.3. The number of rotatable bonds is 5. The molecule has 0 bridgehead atoms. The Balaban J connectivity index is 1.53.